The third kappa shape index (κ3) is 5.61. The summed E-state index contributed by atoms with van der Waals surface area (Å²) in [4.78, 5) is 22.6. The van der Waals surface area contributed by atoms with Crippen molar-refractivity contribution in [1.29, 1.82) is 0 Å². The number of rotatable bonds is 11. The molecule has 188 valence electrons. The maximum atomic E-state index is 13.8. The van der Waals surface area contributed by atoms with Crippen LogP contribution in [-0.4, -0.2) is 56.2 Å². The lowest BCUT2D eigenvalue weighted by Crippen LogP contribution is -2.38. The standard InChI is InChI=1S/C28H31N3O4S/c1-5-30(6-2)18-19-31(28-29-25-23(33-3)16-17-24(34-4)26(25)36-28)27(32)20-12-14-22(15-13-20)35-21-10-8-7-9-11-21/h7-17H,5-6,18-19H2,1-4H3. The zero-order chi connectivity index (χ0) is 25.5. The number of hydrogen-bond acceptors (Lipinski definition) is 7. The number of nitrogens with zero attached hydrogens (tertiary/aromatic N) is 3. The second-order valence-electron chi connectivity index (χ2n) is 8.07. The third-order valence-corrected chi connectivity index (χ3v) is 7.08. The highest BCUT2D eigenvalue weighted by Gasteiger charge is 2.24. The second-order valence-corrected chi connectivity index (χ2v) is 9.04. The minimum atomic E-state index is -0.120. The molecule has 36 heavy (non-hydrogen) atoms. The van der Waals surface area contributed by atoms with Gasteiger partial charge in [0.2, 0.25) is 0 Å². The van der Waals surface area contributed by atoms with Gasteiger partial charge in [0.25, 0.3) is 5.91 Å². The van der Waals surface area contributed by atoms with Gasteiger partial charge in [0.05, 0.1) is 14.2 Å². The van der Waals surface area contributed by atoms with Crippen LogP contribution in [0.5, 0.6) is 23.0 Å². The third-order valence-electron chi connectivity index (χ3n) is 5.99. The van der Waals surface area contributed by atoms with E-state index in [1.807, 2.05) is 54.6 Å². The predicted molar refractivity (Wildman–Crippen MR) is 145 cm³/mol. The molecule has 4 rings (SSSR count). The molecule has 0 bridgehead atoms. The number of aromatic nitrogens is 1. The molecule has 3 aromatic carbocycles. The lowest BCUT2D eigenvalue weighted by molar-refractivity contribution is 0.0983. The predicted octanol–water partition coefficient (Wildman–Crippen LogP) is 6.09. The summed E-state index contributed by atoms with van der Waals surface area (Å²) < 4.78 is 17.8. The Kier molecular flexibility index (Phi) is 8.40. The Hall–Kier alpha value is -3.62. The van der Waals surface area contributed by atoms with Crippen molar-refractivity contribution in [3.63, 3.8) is 0 Å². The van der Waals surface area contributed by atoms with E-state index in [4.69, 9.17) is 19.2 Å². The number of likely N-dealkylation sites (N-methyl/N-ethyl adjacent to an activating group) is 1. The molecule has 0 aliphatic rings. The summed E-state index contributed by atoms with van der Waals surface area (Å²) in [6, 6.07) is 20.5. The van der Waals surface area contributed by atoms with E-state index in [9.17, 15) is 4.79 Å². The number of ether oxygens (including phenoxy) is 3. The van der Waals surface area contributed by atoms with Crippen molar-refractivity contribution >= 4 is 32.6 Å². The monoisotopic (exact) mass is 505 g/mol. The molecule has 0 aliphatic carbocycles. The molecule has 1 aromatic heterocycles. The van der Waals surface area contributed by atoms with Gasteiger partial charge in [0.15, 0.2) is 5.13 Å². The number of anilines is 1. The zero-order valence-electron chi connectivity index (χ0n) is 21.1. The van der Waals surface area contributed by atoms with E-state index < -0.39 is 0 Å². The van der Waals surface area contributed by atoms with Crippen LogP contribution in [-0.2, 0) is 0 Å². The maximum absolute atomic E-state index is 13.8. The molecule has 8 heteroatoms. The molecule has 0 aliphatic heterocycles. The van der Waals surface area contributed by atoms with Gasteiger partial charge in [-0.05, 0) is 61.6 Å². The fourth-order valence-electron chi connectivity index (χ4n) is 3.90. The SMILES string of the molecule is CCN(CC)CCN(C(=O)c1ccc(Oc2ccccc2)cc1)c1nc2c(OC)ccc(OC)c2s1. The highest BCUT2D eigenvalue weighted by molar-refractivity contribution is 7.22. The molecule has 0 saturated carbocycles. The first-order valence-corrected chi connectivity index (χ1v) is 12.8. The topological polar surface area (TPSA) is 64.1 Å². The normalized spacial score (nSPS) is 11.0. The highest BCUT2D eigenvalue weighted by Crippen LogP contribution is 2.40. The van der Waals surface area contributed by atoms with Crippen LogP contribution < -0.4 is 19.1 Å². The van der Waals surface area contributed by atoms with Crippen molar-refractivity contribution in [1.82, 2.24) is 9.88 Å². The fourth-order valence-corrected chi connectivity index (χ4v) is 5.00. The Bertz CT molecular complexity index is 1250. The molecule has 0 unspecified atom stereocenters. The Morgan fingerprint density at radius 1 is 0.833 bits per heavy atom. The number of methoxy groups -OCH3 is 2. The van der Waals surface area contributed by atoms with Crippen LogP contribution in [0.25, 0.3) is 10.2 Å². The van der Waals surface area contributed by atoms with E-state index in [2.05, 4.69) is 18.7 Å². The molecule has 7 nitrogen and oxygen atoms in total. The van der Waals surface area contributed by atoms with Gasteiger partial charge in [-0.25, -0.2) is 4.98 Å². The van der Waals surface area contributed by atoms with Crippen LogP contribution in [0.1, 0.15) is 24.2 Å². The quantitative estimate of drug-likeness (QED) is 0.246. The van der Waals surface area contributed by atoms with E-state index in [-0.39, 0.29) is 5.91 Å². The summed E-state index contributed by atoms with van der Waals surface area (Å²) in [5.74, 6) is 2.64. The number of carbonyl (C=O) groups excluding carboxylic acids is 1. The van der Waals surface area contributed by atoms with Crippen LogP contribution in [0.2, 0.25) is 0 Å². The number of carbonyl (C=O) groups is 1. The summed E-state index contributed by atoms with van der Waals surface area (Å²) in [7, 11) is 3.24. The lowest BCUT2D eigenvalue weighted by Gasteiger charge is -2.24. The molecule has 0 N–H and O–H groups in total. The second kappa shape index (κ2) is 11.9. The maximum Gasteiger partial charge on any atom is 0.260 e. The largest absolute Gasteiger partial charge is 0.495 e. The molecule has 0 spiro atoms. The number of benzene rings is 3. The fraction of sp³-hybridized carbons (Fsp3) is 0.286. The van der Waals surface area contributed by atoms with E-state index in [0.29, 0.717) is 40.0 Å². The molecule has 1 heterocycles. The van der Waals surface area contributed by atoms with E-state index in [1.54, 1.807) is 31.3 Å². The number of para-hydroxylation sites is 1. The van der Waals surface area contributed by atoms with Crippen molar-refractivity contribution < 1.29 is 19.0 Å². The lowest BCUT2D eigenvalue weighted by atomic mass is 10.2. The van der Waals surface area contributed by atoms with Crippen LogP contribution in [0.3, 0.4) is 0 Å². The van der Waals surface area contributed by atoms with Crippen molar-refractivity contribution in [3.05, 3.63) is 72.3 Å². The molecule has 4 aromatic rings. The number of fused-ring (bicyclic) bond motifs is 1. The first kappa shape index (κ1) is 25.5. The van der Waals surface area contributed by atoms with Gasteiger partial charge >= 0.3 is 0 Å². The van der Waals surface area contributed by atoms with Gasteiger partial charge in [-0.3, -0.25) is 9.69 Å². The van der Waals surface area contributed by atoms with Crippen LogP contribution in [0.4, 0.5) is 5.13 Å². The summed E-state index contributed by atoms with van der Waals surface area (Å²) in [5.41, 5.74) is 1.25. The van der Waals surface area contributed by atoms with Crippen LogP contribution >= 0.6 is 11.3 Å². The Labute approximate surface area is 215 Å². The Morgan fingerprint density at radius 3 is 2.11 bits per heavy atom. The number of amides is 1. The van der Waals surface area contributed by atoms with Gasteiger partial charge in [0.1, 0.15) is 33.2 Å². The van der Waals surface area contributed by atoms with E-state index in [0.717, 1.165) is 30.1 Å². The van der Waals surface area contributed by atoms with Gasteiger partial charge in [-0.1, -0.05) is 43.4 Å². The van der Waals surface area contributed by atoms with Crippen LogP contribution in [0.15, 0.2) is 66.7 Å². The Balaban J connectivity index is 1.66. The molecular formula is C28H31N3O4S. The molecule has 0 saturated heterocycles. The summed E-state index contributed by atoms with van der Waals surface area (Å²) in [6.45, 7) is 7.30. The highest BCUT2D eigenvalue weighted by atomic mass is 32.1. The number of thiazole rings is 1. The van der Waals surface area contributed by atoms with Gasteiger partial charge < -0.3 is 19.1 Å². The van der Waals surface area contributed by atoms with Crippen molar-refractivity contribution in [2.75, 3.05) is 45.3 Å². The number of hydrogen-bond donors (Lipinski definition) is 0. The minimum absolute atomic E-state index is 0.120. The summed E-state index contributed by atoms with van der Waals surface area (Å²) >= 11 is 1.43. The molecule has 0 radical (unpaired) electrons. The van der Waals surface area contributed by atoms with Crippen molar-refractivity contribution in [2.45, 2.75) is 13.8 Å². The minimum Gasteiger partial charge on any atom is -0.495 e. The smallest absolute Gasteiger partial charge is 0.260 e. The first-order chi connectivity index (χ1) is 17.6. The van der Waals surface area contributed by atoms with Gasteiger partial charge in [-0.15, -0.1) is 0 Å². The molecular weight excluding hydrogens is 474 g/mol. The molecule has 0 atom stereocenters. The van der Waals surface area contributed by atoms with Crippen molar-refractivity contribution in [2.24, 2.45) is 0 Å². The summed E-state index contributed by atoms with van der Waals surface area (Å²) in [6.07, 6.45) is 0. The van der Waals surface area contributed by atoms with Crippen molar-refractivity contribution in [3.8, 4) is 23.0 Å². The average Bonchev–Trinajstić information content (AvgIpc) is 3.36. The van der Waals surface area contributed by atoms with Crippen LogP contribution in [0, 0.1) is 0 Å². The Morgan fingerprint density at radius 2 is 1.47 bits per heavy atom. The van der Waals surface area contributed by atoms with E-state index >= 15 is 0 Å². The molecule has 1 amide bonds. The zero-order valence-corrected chi connectivity index (χ0v) is 21.9. The average molecular weight is 506 g/mol. The van der Waals surface area contributed by atoms with Gasteiger partial charge in [-0.2, -0.15) is 0 Å². The van der Waals surface area contributed by atoms with Gasteiger partial charge in [0, 0.05) is 18.7 Å². The first-order valence-electron chi connectivity index (χ1n) is 12.0. The summed E-state index contributed by atoms with van der Waals surface area (Å²) in [5, 5.41) is 0.606. The molecule has 0 fully saturated rings. The van der Waals surface area contributed by atoms with E-state index in [1.165, 1.54) is 11.3 Å².